The van der Waals surface area contributed by atoms with Crippen LogP contribution in [0, 0.1) is 11.8 Å². The molecule has 0 unspecified atom stereocenters. The number of carbonyl (C=O) groups is 2. The fourth-order valence-corrected chi connectivity index (χ4v) is 3.80. The zero-order chi connectivity index (χ0) is 21.9. The summed E-state index contributed by atoms with van der Waals surface area (Å²) in [6.07, 6.45) is -4.04. The Labute approximate surface area is 173 Å². The molecule has 2 aromatic carbocycles. The summed E-state index contributed by atoms with van der Waals surface area (Å²) in [5, 5.41) is 11.7. The molecule has 154 valence electrons. The zero-order valence-electron chi connectivity index (χ0n) is 15.5. The van der Waals surface area contributed by atoms with Gasteiger partial charge in [0, 0.05) is 15.6 Å². The quantitative estimate of drug-likeness (QED) is 0.474. The van der Waals surface area contributed by atoms with Gasteiger partial charge in [-0.3, -0.25) is 9.59 Å². The molecule has 1 aromatic heterocycles. The average molecular weight is 433 g/mol. The number of hydrogen-bond acceptors (Lipinski definition) is 5. The lowest BCUT2D eigenvalue weighted by Gasteiger charge is -2.10. The van der Waals surface area contributed by atoms with Gasteiger partial charge in [-0.2, -0.15) is 13.2 Å². The van der Waals surface area contributed by atoms with Crippen LogP contribution in [0.15, 0.2) is 36.4 Å². The lowest BCUT2D eigenvalue weighted by Crippen LogP contribution is -2.14. The number of hydrogen-bond donors (Lipinski definition) is 2. The van der Waals surface area contributed by atoms with Gasteiger partial charge in [0.2, 0.25) is 0 Å². The summed E-state index contributed by atoms with van der Waals surface area (Å²) in [5.41, 5.74) is -0.151. The van der Waals surface area contributed by atoms with Crippen molar-refractivity contribution in [3.8, 4) is 17.6 Å². The molecular formula is C21H14F3NO4S. The molecule has 1 heterocycles. The van der Waals surface area contributed by atoms with Crippen molar-refractivity contribution in [2.24, 2.45) is 0 Å². The molecule has 3 rings (SSSR count). The number of nitrogens with one attached hydrogen (secondary N) is 1. The van der Waals surface area contributed by atoms with Crippen molar-refractivity contribution in [3.63, 3.8) is 0 Å². The van der Waals surface area contributed by atoms with E-state index in [9.17, 15) is 22.8 Å². The van der Waals surface area contributed by atoms with Crippen LogP contribution in [0.25, 0.3) is 10.1 Å². The first-order valence-corrected chi connectivity index (χ1v) is 9.28. The minimum Gasteiger partial charge on any atom is -0.496 e. The average Bonchev–Trinajstić information content (AvgIpc) is 3.08. The summed E-state index contributed by atoms with van der Waals surface area (Å²) in [7, 11) is 1.38. The highest BCUT2D eigenvalue weighted by atomic mass is 32.1. The van der Waals surface area contributed by atoms with E-state index in [1.165, 1.54) is 25.3 Å². The number of methoxy groups -OCH3 is 1. The van der Waals surface area contributed by atoms with Gasteiger partial charge in [0.25, 0.3) is 5.91 Å². The number of alkyl halides is 3. The topological polar surface area (TPSA) is 75.6 Å². The van der Waals surface area contributed by atoms with Gasteiger partial charge in [0.15, 0.2) is 6.29 Å². The number of aliphatic hydroxyl groups excluding tert-OH is 1. The Bertz CT molecular complexity index is 1190. The molecule has 0 saturated carbocycles. The van der Waals surface area contributed by atoms with Crippen LogP contribution in [-0.4, -0.2) is 31.0 Å². The van der Waals surface area contributed by atoms with Crippen molar-refractivity contribution in [3.05, 3.63) is 58.0 Å². The fraction of sp³-hybridized carbons (Fsp3) is 0.143. The number of carbonyl (C=O) groups excluding carboxylic acids is 2. The fourth-order valence-electron chi connectivity index (χ4n) is 2.79. The van der Waals surface area contributed by atoms with E-state index in [1.54, 1.807) is 6.07 Å². The molecule has 0 atom stereocenters. The molecular weight excluding hydrogens is 419 g/mol. The van der Waals surface area contributed by atoms with Crippen LogP contribution >= 0.6 is 11.3 Å². The van der Waals surface area contributed by atoms with E-state index in [-0.39, 0.29) is 33.2 Å². The minimum atomic E-state index is -4.52. The maximum Gasteiger partial charge on any atom is 0.416 e. The first-order valence-electron chi connectivity index (χ1n) is 8.46. The van der Waals surface area contributed by atoms with Crippen molar-refractivity contribution >= 4 is 39.3 Å². The largest absolute Gasteiger partial charge is 0.496 e. The summed E-state index contributed by atoms with van der Waals surface area (Å²) in [6.45, 7) is -0.350. The second kappa shape index (κ2) is 8.57. The van der Waals surface area contributed by atoms with Crippen molar-refractivity contribution in [2.75, 3.05) is 19.0 Å². The van der Waals surface area contributed by atoms with Gasteiger partial charge < -0.3 is 15.2 Å². The van der Waals surface area contributed by atoms with Crippen LogP contribution in [-0.2, 0) is 6.18 Å². The third-order valence-electron chi connectivity index (χ3n) is 4.15. The molecule has 2 N–H and O–H groups in total. The van der Waals surface area contributed by atoms with Crippen LogP contribution in [0.5, 0.6) is 5.75 Å². The normalized spacial score (nSPS) is 11.0. The first-order chi connectivity index (χ1) is 14.3. The Morgan fingerprint density at radius 3 is 2.67 bits per heavy atom. The number of rotatable bonds is 4. The van der Waals surface area contributed by atoms with Crippen molar-refractivity contribution in [2.45, 2.75) is 6.18 Å². The minimum absolute atomic E-state index is 0.0906. The van der Waals surface area contributed by atoms with Crippen LogP contribution < -0.4 is 10.1 Å². The van der Waals surface area contributed by atoms with Gasteiger partial charge in [0.05, 0.1) is 28.8 Å². The molecule has 30 heavy (non-hydrogen) atoms. The highest BCUT2D eigenvalue weighted by Gasteiger charge is 2.31. The summed E-state index contributed by atoms with van der Waals surface area (Å²) in [4.78, 5) is 24.4. The number of amides is 1. The maximum atomic E-state index is 13.0. The first kappa shape index (κ1) is 21.4. The molecule has 0 aliphatic rings. The third kappa shape index (κ3) is 4.30. The highest BCUT2D eigenvalue weighted by molar-refractivity contribution is 7.21. The number of fused-ring (bicyclic) bond motifs is 1. The summed E-state index contributed by atoms with van der Waals surface area (Å²) in [6, 6.07) is 7.64. The predicted molar refractivity (Wildman–Crippen MR) is 107 cm³/mol. The monoisotopic (exact) mass is 433 g/mol. The number of anilines is 1. The van der Waals surface area contributed by atoms with Crippen molar-refractivity contribution in [1.82, 2.24) is 0 Å². The summed E-state index contributed by atoms with van der Waals surface area (Å²) < 4.78 is 44.3. The predicted octanol–water partition coefficient (Wildman–Crippen LogP) is 4.34. The van der Waals surface area contributed by atoms with Crippen LogP contribution in [0.2, 0.25) is 0 Å². The molecule has 0 saturated heterocycles. The molecule has 3 aromatic rings. The number of halogens is 3. The molecule has 0 aliphatic carbocycles. The molecule has 0 spiro atoms. The Kier molecular flexibility index (Phi) is 6.10. The Balaban J connectivity index is 2.03. The van der Waals surface area contributed by atoms with E-state index in [0.29, 0.717) is 17.2 Å². The second-order valence-electron chi connectivity index (χ2n) is 6.00. The molecule has 1 amide bonds. The number of aldehydes is 1. The van der Waals surface area contributed by atoms with Gasteiger partial charge in [-0.1, -0.05) is 17.9 Å². The second-order valence-corrected chi connectivity index (χ2v) is 7.08. The van der Waals surface area contributed by atoms with Gasteiger partial charge in [-0.05, 0) is 30.3 Å². The SMILES string of the molecule is COc1ccc(C#CCO)cc1C(=O)Nc1c(C=O)sc2cc(C(F)(F)F)ccc12. The lowest BCUT2D eigenvalue weighted by atomic mass is 10.1. The zero-order valence-corrected chi connectivity index (χ0v) is 16.3. The van der Waals surface area contributed by atoms with Gasteiger partial charge in [0.1, 0.15) is 12.4 Å². The van der Waals surface area contributed by atoms with E-state index in [1.807, 2.05) is 0 Å². The lowest BCUT2D eigenvalue weighted by molar-refractivity contribution is -0.137. The van der Waals surface area contributed by atoms with Crippen molar-refractivity contribution < 1.29 is 32.6 Å². The van der Waals surface area contributed by atoms with Gasteiger partial charge in [-0.25, -0.2) is 0 Å². The molecule has 0 aliphatic heterocycles. The number of thiophene rings is 1. The summed E-state index contributed by atoms with van der Waals surface area (Å²) >= 11 is 0.851. The van der Waals surface area contributed by atoms with E-state index >= 15 is 0 Å². The van der Waals surface area contributed by atoms with Gasteiger partial charge in [-0.15, -0.1) is 11.3 Å². The standard InChI is InChI=1S/C21H14F3NO4S/c1-29-16-7-4-12(3-2-8-26)9-15(16)20(28)25-19-14-6-5-13(21(22,23)24)10-17(14)30-18(19)11-27/h4-7,9-11,26H,8H2,1H3,(H,25,28). The molecule has 0 fully saturated rings. The van der Waals surface area contributed by atoms with E-state index < -0.39 is 17.6 Å². The smallest absolute Gasteiger partial charge is 0.416 e. The Hall–Kier alpha value is -3.35. The van der Waals surface area contributed by atoms with Crippen LogP contribution in [0.4, 0.5) is 18.9 Å². The van der Waals surface area contributed by atoms with Crippen LogP contribution in [0.3, 0.4) is 0 Å². The van der Waals surface area contributed by atoms with E-state index in [0.717, 1.165) is 23.5 Å². The van der Waals surface area contributed by atoms with Gasteiger partial charge >= 0.3 is 6.18 Å². The number of benzene rings is 2. The Morgan fingerprint density at radius 2 is 2.03 bits per heavy atom. The molecule has 0 bridgehead atoms. The number of ether oxygens (including phenoxy) is 1. The highest BCUT2D eigenvalue weighted by Crippen LogP contribution is 2.39. The third-order valence-corrected chi connectivity index (χ3v) is 5.22. The van der Waals surface area contributed by atoms with E-state index in [4.69, 9.17) is 9.84 Å². The molecule has 5 nitrogen and oxygen atoms in total. The summed E-state index contributed by atoms with van der Waals surface area (Å²) in [5.74, 6) is 4.77. The Morgan fingerprint density at radius 1 is 1.27 bits per heavy atom. The van der Waals surface area contributed by atoms with E-state index in [2.05, 4.69) is 17.2 Å². The van der Waals surface area contributed by atoms with Crippen LogP contribution in [0.1, 0.15) is 31.2 Å². The molecule has 0 radical (unpaired) electrons. The number of aliphatic hydroxyl groups is 1. The van der Waals surface area contributed by atoms with Crippen molar-refractivity contribution in [1.29, 1.82) is 0 Å². The molecule has 9 heteroatoms. The maximum absolute atomic E-state index is 13.0.